The van der Waals surface area contributed by atoms with Crippen molar-refractivity contribution >= 4 is 12.1 Å². The predicted molar refractivity (Wildman–Crippen MR) is 60.2 cm³/mol. The van der Waals surface area contributed by atoms with E-state index < -0.39 is 0 Å². The highest BCUT2D eigenvalue weighted by molar-refractivity contribution is 5.92. The Hall–Kier alpha value is -1.97. The van der Waals surface area contributed by atoms with Gasteiger partial charge in [-0.2, -0.15) is 0 Å². The average Bonchev–Trinajstić information content (AvgIpc) is 2.77. The van der Waals surface area contributed by atoms with Crippen molar-refractivity contribution in [3.05, 3.63) is 42.5 Å². The first kappa shape index (κ1) is 11.1. The summed E-state index contributed by atoms with van der Waals surface area (Å²) in [7, 11) is 1.69. The highest BCUT2D eigenvalue weighted by atomic mass is 16.1. The third-order valence-electron chi connectivity index (χ3n) is 1.79. The summed E-state index contributed by atoms with van der Waals surface area (Å²) in [6, 6.07) is 0. The fraction of sp³-hybridized carbons (Fsp3) is 0.182. The van der Waals surface area contributed by atoms with E-state index >= 15 is 0 Å². The molecule has 0 saturated heterocycles. The molecule has 0 bridgehead atoms. The summed E-state index contributed by atoms with van der Waals surface area (Å²) in [4.78, 5) is 19.2. The van der Waals surface area contributed by atoms with Gasteiger partial charge in [-0.25, -0.2) is 4.98 Å². The van der Waals surface area contributed by atoms with Gasteiger partial charge in [-0.05, 0) is 18.6 Å². The van der Waals surface area contributed by atoms with E-state index in [2.05, 4.69) is 9.98 Å². The number of hydrogen-bond acceptors (Lipinski definition) is 3. The average molecular weight is 203 g/mol. The van der Waals surface area contributed by atoms with E-state index in [4.69, 9.17) is 0 Å². The second kappa shape index (κ2) is 5.70. The van der Waals surface area contributed by atoms with Crippen molar-refractivity contribution in [2.24, 2.45) is 4.99 Å². The number of allylic oxidation sites excluding steroid dienone is 4. The van der Waals surface area contributed by atoms with Crippen molar-refractivity contribution in [1.29, 1.82) is 0 Å². The van der Waals surface area contributed by atoms with Crippen LogP contribution in [0.3, 0.4) is 0 Å². The van der Waals surface area contributed by atoms with Crippen molar-refractivity contribution < 1.29 is 4.79 Å². The minimum Gasteiger partial charge on any atom is -0.296 e. The number of aliphatic imine (C=N–C) groups is 1. The van der Waals surface area contributed by atoms with Crippen LogP contribution in [0.15, 0.2) is 47.5 Å². The molecule has 0 aliphatic heterocycles. The number of carbonyl (C=O) groups excluding carboxylic acids is 1. The highest BCUT2D eigenvalue weighted by Gasteiger charge is 1.97. The molecule has 0 fully saturated rings. The first-order chi connectivity index (χ1) is 7.27. The molecule has 0 radical (unpaired) electrons. The zero-order valence-corrected chi connectivity index (χ0v) is 8.79. The Labute approximate surface area is 88.7 Å². The van der Waals surface area contributed by atoms with E-state index in [1.165, 1.54) is 17.0 Å². The van der Waals surface area contributed by atoms with Gasteiger partial charge in [0.2, 0.25) is 0 Å². The maximum Gasteiger partial charge on any atom is 0.255 e. The maximum absolute atomic E-state index is 11.5. The first-order valence-corrected chi connectivity index (χ1v) is 4.56. The van der Waals surface area contributed by atoms with Gasteiger partial charge in [0.05, 0.1) is 0 Å². The standard InChI is InChI=1S/C11H13N3O/c1-3-10(8-12-2)4-5-11(15)14-7-6-13-9-14/h3-9H,1-2H3. The van der Waals surface area contributed by atoms with E-state index in [1.807, 2.05) is 13.0 Å². The van der Waals surface area contributed by atoms with Crippen molar-refractivity contribution in [3.63, 3.8) is 0 Å². The molecule has 1 rings (SSSR count). The Morgan fingerprint density at radius 3 is 2.80 bits per heavy atom. The maximum atomic E-state index is 11.5. The highest BCUT2D eigenvalue weighted by Crippen LogP contribution is 1.95. The van der Waals surface area contributed by atoms with E-state index in [-0.39, 0.29) is 5.91 Å². The lowest BCUT2D eigenvalue weighted by Crippen LogP contribution is -2.03. The summed E-state index contributed by atoms with van der Waals surface area (Å²) in [5.74, 6) is -0.128. The smallest absolute Gasteiger partial charge is 0.255 e. The molecule has 0 saturated carbocycles. The molecule has 0 aromatic carbocycles. The van der Waals surface area contributed by atoms with Crippen LogP contribution in [0, 0.1) is 0 Å². The molecule has 4 nitrogen and oxygen atoms in total. The SMILES string of the molecule is CC=C(C=CC(=O)n1ccnc1)C=NC. The van der Waals surface area contributed by atoms with Gasteiger partial charge in [-0.1, -0.05) is 6.08 Å². The Kier molecular flexibility index (Phi) is 4.22. The minimum absolute atomic E-state index is 0.128. The van der Waals surface area contributed by atoms with Crippen LogP contribution in [0.4, 0.5) is 0 Å². The third-order valence-corrected chi connectivity index (χ3v) is 1.79. The predicted octanol–water partition coefficient (Wildman–Crippen LogP) is 1.73. The third kappa shape index (κ3) is 3.34. The van der Waals surface area contributed by atoms with Crippen LogP contribution in [0.1, 0.15) is 11.7 Å². The number of rotatable bonds is 3. The molecule has 78 valence electrons. The number of imidazole rings is 1. The lowest BCUT2D eigenvalue weighted by molar-refractivity contribution is 0.0968. The normalized spacial score (nSPS) is 12.8. The number of nitrogens with zero attached hydrogens (tertiary/aromatic N) is 3. The molecular formula is C11H13N3O. The van der Waals surface area contributed by atoms with Crippen molar-refractivity contribution in [3.8, 4) is 0 Å². The number of aromatic nitrogens is 2. The van der Waals surface area contributed by atoms with Crippen LogP contribution in [0.2, 0.25) is 0 Å². The van der Waals surface area contributed by atoms with Crippen LogP contribution >= 0.6 is 0 Å². The van der Waals surface area contributed by atoms with Gasteiger partial charge < -0.3 is 0 Å². The molecule has 4 heteroatoms. The van der Waals surface area contributed by atoms with E-state index in [0.717, 1.165) is 5.57 Å². The van der Waals surface area contributed by atoms with Gasteiger partial charge in [0.15, 0.2) is 0 Å². The van der Waals surface area contributed by atoms with Crippen LogP contribution < -0.4 is 0 Å². The second-order valence-electron chi connectivity index (χ2n) is 2.82. The van der Waals surface area contributed by atoms with Gasteiger partial charge in [0.25, 0.3) is 5.91 Å². The van der Waals surface area contributed by atoms with E-state index in [1.54, 1.807) is 31.7 Å². The second-order valence-corrected chi connectivity index (χ2v) is 2.82. The largest absolute Gasteiger partial charge is 0.296 e. The summed E-state index contributed by atoms with van der Waals surface area (Å²) in [5.41, 5.74) is 0.894. The Morgan fingerprint density at radius 2 is 2.27 bits per heavy atom. The topological polar surface area (TPSA) is 47.2 Å². The molecule has 0 aliphatic carbocycles. The molecule has 0 atom stereocenters. The van der Waals surface area contributed by atoms with Crippen molar-refractivity contribution in [2.45, 2.75) is 6.92 Å². The lowest BCUT2D eigenvalue weighted by atomic mass is 10.2. The van der Waals surface area contributed by atoms with Gasteiger partial charge in [0, 0.05) is 31.7 Å². The number of hydrogen-bond donors (Lipinski definition) is 0. The molecule has 0 amide bonds. The van der Waals surface area contributed by atoms with Gasteiger partial charge in [0.1, 0.15) is 6.33 Å². The molecular weight excluding hydrogens is 190 g/mol. The first-order valence-electron chi connectivity index (χ1n) is 4.56. The zero-order valence-electron chi connectivity index (χ0n) is 8.79. The van der Waals surface area contributed by atoms with Crippen LogP contribution in [-0.4, -0.2) is 28.7 Å². The van der Waals surface area contributed by atoms with Crippen LogP contribution in [-0.2, 0) is 0 Å². The zero-order chi connectivity index (χ0) is 11.1. The van der Waals surface area contributed by atoms with Gasteiger partial charge >= 0.3 is 0 Å². The Morgan fingerprint density at radius 1 is 1.47 bits per heavy atom. The molecule has 0 N–H and O–H groups in total. The summed E-state index contributed by atoms with van der Waals surface area (Å²) in [6.07, 6.45) is 11.4. The van der Waals surface area contributed by atoms with Crippen LogP contribution in [0.25, 0.3) is 0 Å². The molecule has 0 unspecified atom stereocenters. The van der Waals surface area contributed by atoms with E-state index in [0.29, 0.717) is 0 Å². The van der Waals surface area contributed by atoms with Crippen molar-refractivity contribution in [2.75, 3.05) is 7.05 Å². The van der Waals surface area contributed by atoms with Gasteiger partial charge in [-0.3, -0.25) is 14.4 Å². The monoisotopic (exact) mass is 203 g/mol. The fourth-order valence-electron chi connectivity index (χ4n) is 1.01. The quantitative estimate of drug-likeness (QED) is 0.426. The summed E-state index contributed by atoms with van der Waals surface area (Å²) in [6.45, 7) is 1.89. The fourth-order valence-corrected chi connectivity index (χ4v) is 1.01. The lowest BCUT2D eigenvalue weighted by Gasteiger charge is -1.93. The molecule has 1 aromatic rings. The van der Waals surface area contributed by atoms with Gasteiger partial charge in [-0.15, -0.1) is 0 Å². The molecule has 0 spiro atoms. The van der Waals surface area contributed by atoms with E-state index in [9.17, 15) is 4.79 Å². The molecule has 1 aromatic heterocycles. The Balaban J connectivity index is 2.70. The molecule has 0 aliphatic rings. The number of carbonyl (C=O) groups is 1. The van der Waals surface area contributed by atoms with Crippen molar-refractivity contribution in [1.82, 2.24) is 9.55 Å². The molecule has 15 heavy (non-hydrogen) atoms. The summed E-state index contributed by atoms with van der Waals surface area (Å²) >= 11 is 0. The minimum atomic E-state index is -0.128. The summed E-state index contributed by atoms with van der Waals surface area (Å²) in [5, 5.41) is 0. The molecule has 1 heterocycles. The Bertz CT molecular complexity index is 399. The summed E-state index contributed by atoms with van der Waals surface area (Å²) < 4.78 is 1.41. The van der Waals surface area contributed by atoms with Crippen LogP contribution in [0.5, 0.6) is 0 Å².